The van der Waals surface area contributed by atoms with Crippen LogP contribution in [-0.4, -0.2) is 42.2 Å². The Morgan fingerprint density at radius 3 is 2.17 bits per heavy atom. The highest BCUT2D eigenvalue weighted by Gasteiger charge is 2.28. The molecule has 2 atom stereocenters. The van der Waals surface area contributed by atoms with Crippen molar-refractivity contribution in [3.8, 4) is 0 Å². The maximum atomic E-state index is 12.8. The van der Waals surface area contributed by atoms with Gasteiger partial charge in [0.05, 0.1) is 13.2 Å². The Morgan fingerprint density at radius 2 is 1.63 bits per heavy atom. The second-order valence-corrected chi connectivity index (χ2v) is 8.40. The number of alkyl carbamates (subject to hydrolysis) is 1. The zero-order valence-corrected chi connectivity index (χ0v) is 18.4. The quantitative estimate of drug-likeness (QED) is 0.257. The molecular weight excluding hydrogens is 388 g/mol. The molecule has 0 fully saturated rings. The number of hydrazine groups is 1. The lowest BCUT2D eigenvalue weighted by molar-refractivity contribution is -0.131. The molecule has 30 heavy (non-hydrogen) atoms. The minimum absolute atomic E-state index is 0.0986. The fraction of sp³-hybridized carbons (Fsp3) is 0.571. The van der Waals surface area contributed by atoms with Gasteiger partial charge in [0, 0.05) is 0 Å². The molecule has 3 amide bonds. The Labute approximate surface area is 178 Å². The summed E-state index contributed by atoms with van der Waals surface area (Å²) >= 11 is 0. The Balaban J connectivity index is 2.83. The molecule has 1 aromatic carbocycles. The smallest absolute Gasteiger partial charge is 0.408 e. The van der Waals surface area contributed by atoms with Crippen LogP contribution in [0.25, 0.3) is 0 Å². The van der Waals surface area contributed by atoms with E-state index >= 15 is 0 Å². The van der Waals surface area contributed by atoms with Crippen LogP contribution >= 0.6 is 0 Å². The van der Waals surface area contributed by atoms with Gasteiger partial charge in [-0.3, -0.25) is 15.0 Å². The number of nitrogens with one attached hydrogen (secondary N) is 3. The fourth-order valence-corrected chi connectivity index (χ4v) is 2.58. The predicted octanol–water partition coefficient (Wildman–Crippen LogP) is 1.62. The summed E-state index contributed by atoms with van der Waals surface area (Å²) in [7, 11) is 0. The van der Waals surface area contributed by atoms with E-state index in [4.69, 9.17) is 15.3 Å². The van der Waals surface area contributed by atoms with E-state index in [0.29, 0.717) is 6.42 Å². The lowest BCUT2D eigenvalue weighted by Crippen LogP contribution is -2.56. The minimum Gasteiger partial charge on any atom is -0.444 e. The maximum Gasteiger partial charge on any atom is 0.408 e. The van der Waals surface area contributed by atoms with Crippen molar-refractivity contribution in [3.63, 3.8) is 0 Å². The third kappa shape index (κ3) is 10.2. The van der Waals surface area contributed by atoms with E-state index in [1.807, 2.05) is 44.2 Å². The molecule has 0 saturated carbocycles. The van der Waals surface area contributed by atoms with Crippen molar-refractivity contribution in [2.45, 2.75) is 65.3 Å². The number of ether oxygens (including phenoxy) is 2. The third-order valence-corrected chi connectivity index (χ3v) is 3.89. The molecule has 0 aliphatic heterocycles. The summed E-state index contributed by atoms with van der Waals surface area (Å²) in [5, 5.41) is 5.15. The Kier molecular flexibility index (Phi) is 10.3. The van der Waals surface area contributed by atoms with E-state index in [-0.39, 0.29) is 19.1 Å². The van der Waals surface area contributed by atoms with Crippen LogP contribution in [0.3, 0.4) is 0 Å². The van der Waals surface area contributed by atoms with Crippen LogP contribution in [0.2, 0.25) is 0 Å². The average molecular weight is 423 g/mol. The molecule has 0 aromatic heterocycles. The zero-order valence-electron chi connectivity index (χ0n) is 18.4. The molecule has 0 aliphatic rings. The topological polar surface area (TPSA) is 132 Å². The van der Waals surface area contributed by atoms with Crippen LogP contribution < -0.4 is 21.9 Å². The van der Waals surface area contributed by atoms with Crippen molar-refractivity contribution in [1.29, 1.82) is 0 Å². The van der Waals surface area contributed by atoms with Crippen LogP contribution in [0, 0.1) is 5.92 Å². The van der Waals surface area contributed by atoms with Crippen molar-refractivity contribution < 1.29 is 23.9 Å². The summed E-state index contributed by atoms with van der Waals surface area (Å²) in [6.07, 6.45) is -0.367. The number of nitrogens with two attached hydrogens (primary N) is 1. The van der Waals surface area contributed by atoms with E-state index in [1.54, 1.807) is 20.8 Å². The van der Waals surface area contributed by atoms with Crippen molar-refractivity contribution in [3.05, 3.63) is 35.9 Å². The molecule has 0 heterocycles. The summed E-state index contributed by atoms with van der Waals surface area (Å²) in [5.74, 6) is 4.29. The summed E-state index contributed by atoms with van der Waals surface area (Å²) in [6.45, 7) is 9.16. The molecule has 0 aliphatic carbocycles. The highest BCUT2D eigenvalue weighted by atomic mass is 16.6. The lowest BCUT2D eigenvalue weighted by atomic mass is 10.0. The Hall–Kier alpha value is -2.65. The first-order valence-corrected chi connectivity index (χ1v) is 9.94. The van der Waals surface area contributed by atoms with E-state index in [1.165, 1.54) is 0 Å². The first kappa shape index (κ1) is 25.4. The largest absolute Gasteiger partial charge is 0.444 e. The van der Waals surface area contributed by atoms with Crippen LogP contribution in [-0.2, 0) is 25.7 Å². The van der Waals surface area contributed by atoms with Gasteiger partial charge < -0.3 is 20.1 Å². The van der Waals surface area contributed by atoms with Crippen molar-refractivity contribution >= 4 is 17.9 Å². The minimum atomic E-state index is -1.05. The van der Waals surface area contributed by atoms with Gasteiger partial charge in [0.15, 0.2) is 0 Å². The van der Waals surface area contributed by atoms with E-state index < -0.39 is 35.6 Å². The van der Waals surface area contributed by atoms with Crippen molar-refractivity contribution in [2.24, 2.45) is 11.8 Å². The van der Waals surface area contributed by atoms with E-state index in [9.17, 15) is 14.4 Å². The normalized spacial score (nSPS) is 13.3. The zero-order chi connectivity index (χ0) is 22.7. The highest BCUT2D eigenvalue weighted by molar-refractivity contribution is 5.91. The van der Waals surface area contributed by atoms with Crippen LogP contribution in [0.5, 0.6) is 0 Å². The third-order valence-electron chi connectivity index (χ3n) is 3.89. The summed E-state index contributed by atoms with van der Waals surface area (Å²) in [4.78, 5) is 37.0. The van der Waals surface area contributed by atoms with Crippen LogP contribution in [0.1, 0.15) is 46.6 Å². The second-order valence-electron chi connectivity index (χ2n) is 8.40. The number of hydrogen-bond donors (Lipinski definition) is 4. The molecule has 1 rings (SSSR count). The molecule has 0 bridgehead atoms. The molecule has 9 nitrogen and oxygen atoms in total. The monoisotopic (exact) mass is 422 g/mol. The standard InChI is InChI=1S/C21H34N4O5/c1-14(2)11-16(19(27)25-22)23-18(26)17(24-20(28)30-21(3,4)5)13-29-12-15-9-7-6-8-10-15/h6-10,14,16-17H,11-13,22H2,1-5H3,(H,23,26)(H,24,28)(H,25,27)/t16-,17-/m0/s1. The van der Waals surface area contributed by atoms with Gasteiger partial charge in [-0.2, -0.15) is 0 Å². The molecule has 1 aromatic rings. The molecule has 0 spiro atoms. The van der Waals surface area contributed by atoms with Crippen molar-refractivity contribution in [2.75, 3.05) is 6.61 Å². The van der Waals surface area contributed by atoms with Crippen LogP contribution in [0.4, 0.5) is 4.79 Å². The number of rotatable bonds is 10. The van der Waals surface area contributed by atoms with Gasteiger partial charge in [0.25, 0.3) is 5.91 Å². The summed E-state index contributed by atoms with van der Waals surface area (Å²) in [6, 6.07) is 7.54. The first-order valence-electron chi connectivity index (χ1n) is 9.94. The molecule has 9 heteroatoms. The van der Waals surface area contributed by atoms with Gasteiger partial charge in [0.1, 0.15) is 17.7 Å². The number of amides is 3. The number of carbonyl (C=O) groups excluding carboxylic acids is 3. The van der Waals surface area contributed by atoms with Gasteiger partial charge in [-0.25, -0.2) is 10.6 Å². The molecule has 0 unspecified atom stereocenters. The number of hydrogen-bond acceptors (Lipinski definition) is 6. The highest BCUT2D eigenvalue weighted by Crippen LogP contribution is 2.09. The van der Waals surface area contributed by atoms with Gasteiger partial charge in [-0.15, -0.1) is 0 Å². The lowest BCUT2D eigenvalue weighted by Gasteiger charge is -2.25. The fourth-order valence-electron chi connectivity index (χ4n) is 2.58. The Morgan fingerprint density at radius 1 is 1.00 bits per heavy atom. The summed E-state index contributed by atoms with van der Waals surface area (Å²) < 4.78 is 10.9. The predicted molar refractivity (Wildman–Crippen MR) is 113 cm³/mol. The van der Waals surface area contributed by atoms with Gasteiger partial charge in [0.2, 0.25) is 5.91 Å². The van der Waals surface area contributed by atoms with E-state index in [2.05, 4.69) is 16.1 Å². The summed E-state index contributed by atoms with van der Waals surface area (Å²) in [5.41, 5.74) is 2.25. The molecule has 0 saturated heterocycles. The van der Waals surface area contributed by atoms with Gasteiger partial charge >= 0.3 is 6.09 Å². The first-order chi connectivity index (χ1) is 14.0. The molecule has 0 radical (unpaired) electrons. The molecular formula is C21H34N4O5. The number of benzene rings is 1. The number of carbonyl (C=O) groups is 3. The SMILES string of the molecule is CC(C)C[C@H](NC(=O)[C@H](COCc1ccccc1)NC(=O)OC(C)(C)C)C(=O)NN. The average Bonchev–Trinajstić information content (AvgIpc) is 2.65. The molecule has 5 N–H and O–H groups in total. The Bertz CT molecular complexity index is 688. The maximum absolute atomic E-state index is 12.8. The molecule has 168 valence electrons. The van der Waals surface area contributed by atoms with Crippen LogP contribution in [0.15, 0.2) is 30.3 Å². The second kappa shape index (κ2) is 12.1. The van der Waals surface area contributed by atoms with Gasteiger partial charge in [-0.05, 0) is 38.7 Å². The van der Waals surface area contributed by atoms with Crippen molar-refractivity contribution in [1.82, 2.24) is 16.1 Å². The van der Waals surface area contributed by atoms with E-state index in [0.717, 1.165) is 5.56 Å². The van der Waals surface area contributed by atoms with Gasteiger partial charge in [-0.1, -0.05) is 44.2 Å².